The first-order chi connectivity index (χ1) is 11.1. The molecule has 0 spiro atoms. The van der Waals surface area contributed by atoms with E-state index in [0.29, 0.717) is 23.2 Å². The molecule has 1 amide bonds. The van der Waals surface area contributed by atoms with Crippen LogP contribution in [0, 0.1) is 6.92 Å². The number of nitrogens with two attached hydrogens (primary N) is 2. The fraction of sp³-hybridized carbons (Fsp3) is 0.200. The van der Waals surface area contributed by atoms with Crippen molar-refractivity contribution in [2.75, 3.05) is 11.5 Å². The molecule has 2 aromatic heterocycles. The number of primary amides is 1. The molecule has 0 radical (unpaired) electrons. The molecule has 7 nitrogen and oxygen atoms in total. The molecule has 4 N–H and O–H groups in total. The summed E-state index contributed by atoms with van der Waals surface area (Å²) in [6, 6.07) is 10.1. The average molecular weight is 328 g/mol. The van der Waals surface area contributed by atoms with Gasteiger partial charge in [0, 0.05) is 17.7 Å². The van der Waals surface area contributed by atoms with E-state index in [-0.39, 0.29) is 5.75 Å². The summed E-state index contributed by atoms with van der Waals surface area (Å²) in [6.07, 6.45) is 0.683. The molecule has 1 aromatic carbocycles. The monoisotopic (exact) mass is 328 g/mol. The number of benzene rings is 1. The van der Waals surface area contributed by atoms with E-state index in [1.807, 2.05) is 37.3 Å². The van der Waals surface area contributed by atoms with Crippen LogP contribution in [-0.2, 0) is 11.2 Å². The van der Waals surface area contributed by atoms with Crippen molar-refractivity contribution in [3.8, 4) is 0 Å². The zero-order chi connectivity index (χ0) is 16.4. The Bertz CT molecular complexity index is 861. The molecule has 0 bridgehead atoms. The van der Waals surface area contributed by atoms with E-state index in [2.05, 4.69) is 15.2 Å². The number of aryl methyl sites for hydroxylation is 1. The van der Waals surface area contributed by atoms with E-state index < -0.39 is 5.91 Å². The number of anilines is 1. The van der Waals surface area contributed by atoms with Crippen LogP contribution in [-0.4, -0.2) is 31.2 Å². The molecule has 3 aromatic rings. The second-order valence-corrected chi connectivity index (χ2v) is 6.04. The fourth-order valence-electron chi connectivity index (χ4n) is 2.36. The number of hydrogen-bond acceptors (Lipinski definition) is 6. The van der Waals surface area contributed by atoms with Gasteiger partial charge in [-0.05, 0) is 12.5 Å². The van der Waals surface area contributed by atoms with Crippen molar-refractivity contribution in [2.24, 2.45) is 5.73 Å². The number of thioether (sulfide) groups is 1. The predicted molar refractivity (Wildman–Crippen MR) is 89.1 cm³/mol. The molecule has 2 heterocycles. The van der Waals surface area contributed by atoms with Crippen molar-refractivity contribution < 1.29 is 4.79 Å². The first kappa shape index (κ1) is 15.3. The van der Waals surface area contributed by atoms with Crippen LogP contribution >= 0.6 is 11.8 Å². The summed E-state index contributed by atoms with van der Waals surface area (Å²) in [7, 11) is 0. The SMILES string of the molecule is Cc1nc(N)n2c(SCC(N)=O)nnc2c1Cc1ccccc1. The number of carbonyl (C=O) groups excluding carboxylic acids is 1. The van der Waals surface area contributed by atoms with E-state index in [1.165, 1.54) is 11.8 Å². The second kappa shape index (κ2) is 6.25. The largest absolute Gasteiger partial charge is 0.369 e. The van der Waals surface area contributed by atoms with Crippen molar-refractivity contribution in [3.63, 3.8) is 0 Å². The topological polar surface area (TPSA) is 112 Å². The van der Waals surface area contributed by atoms with Crippen molar-refractivity contribution >= 4 is 29.3 Å². The first-order valence-corrected chi connectivity index (χ1v) is 8.00. The van der Waals surface area contributed by atoms with Crippen LogP contribution in [0.3, 0.4) is 0 Å². The van der Waals surface area contributed by atoms with Gasteiger partial charge in [0.15, 0.2) is 10.8 Å². The number of rotatable bonds is 5. The van der Waals surface area contributed by atoms with Crippen LogP contribution in [0.25, 0.3) is 5.65 Å². The van der Waals surface area contributed by atoms with Gasteiger partial charge in [0.05, 0.1) is 5.75 Å². The summed E-state index contributed by atoms with van der Waals surface area (Å²) in [5.41, 5.74) is 14.8. The number of fused-ring (bicyclic) bond motifs is 1. The van der Waals surface area contributed by atoms with Gasteiger partial charge in [-0.15, -0.1) is 10.2 Å². The zero-order valence-corrected chi connectivity index (χ0v) is 13.4. The molecule has 23 heavy (non-hydrogen) atoms. The summed E-state index contributed by atoms with van der Waals surface area (Å²) in [6.45, 7) is 1.90. The van der Waals surface area contributed by atoms with Gasteiger partial charge in [-0.25, -0.2) is 9.38 Å². The Morgan fingerprint density at radius 2 is 2.00 bits per heavy atom. The molecule has 0 unspecified atom stereocenters. The molecule has 0 atom stereocenters. The lowest BCUT2D eigenvalue weighted by Gasteiger charge is -2.10. The summed E-state index contributed by atoms with van der Waals surface area (Å²) in [5.74, 6) is -0.0107. The maximum atomic E-state index is 11.0. The molecular weight excluding hydrogens is 312 g/mol. The highest BCUT2D eigenvalue weighted by molar-refractivity contribution is 7.99. The van der Waals surface area contributed by atoms with Crippen LogP contribution in [0.15, 0.2) is 35.5 Å². The van der Waals surface area contributed by atoms with Gasteiger partial charge >= 0.3 is 0 Å². The number of hydrogen-bond donors (Lipinski definition) is 2. The Morgan fingerprint density at radius 3 is 2.70 bits per heavy atom. The highest BCUT2D eigenvalue weighted by atomic mass is 32.2. The van der Waals surface area contributed by atoms with Crippen molar-refractivity contribution in [3.05, 3.63) is 47.2 Å². The third kappa shape index (κ3) is 3.11. The highest BCUT2D eigenvalue weighted by Gasteiger charge is 2.17. The van der Waals surface area contributed by atoms with Gasteiger partial charge in [0.25, 0.3) is 0 Å². The van der Waals surface area contributed by atoms with Gasteiger partial charge < -0.3 is 11.5 Å². The molecule has 0 saturated carbocycles. The Kier molecular flexibility index (Phi) is 4.16. The maximum absolute atomic E-state index is 11.0. The van der Waals surface area contributed by atoms with Crippen LogP contribution in [0.2, 0.25) is 0 Å². The van der Waals surface area contributed by atoms with Crippen molar-refractivity contribution in [1.82, 2.24) is 19.6 Å². The van der Waals surface area contributed by atoms with E-state index in [1.54, 1.807) is 4.40 Å². The molecule has 0 aliphatic heterocycles. The van der Waals surface area contributed by atoms with Crippen LogP contribution in [0.5, 0.6) is 0 Å². The Morgan fingerprint density at radius 1 is 1.26 bits per heavy atom. The minimum absolute atomic E-state index is 0.113. The normalized spacial score (nSPS) is 11.0. The van der Waals surface area contributed by atoms with Crippen LogP contribution in [0.1, 0.15) is 16.8 Å². The number of carbonyl (C=O) groups is 1. The Balaban J connectivity index is 2.06. The summed E-state index contributed by atoms with van der Waals surface area (Å²) < 4.78 is 1.67. The summed E-state index contributed by atoms with van der Waals surface area (Å²) in [5, 5.41) is 8.87. The molecule has 0 saturated heterocycles. The maximum Gasteiger partial charge on any atom is 0.227 e. The molecule has 8 heteroatoms. The zero-order valence-electron chi connectivity index (χ0n) is 12.6. The third-order valence-electron chi connectivity index (χ3n) is 3.42. The number of nitrogens with zero attached hydrogens (tertiary/aromatic N) is 4. The molecule has 0 aliphatic rings. The lowest BCUT2D eigenvalue weighted by atomic mass is 10.0. The summed E-state index contributed by atoms with van der Waals surface area (Å²) >= 11 is 1.19. The smallest absolute Gasteiger partial charge is 0.227 e. The van der Waals surface area contributed by atoms with Crippen LogP contribution < -0.4 is 11.5 Å². The highest BCUT2D eigenvalue weighted by Crippen LogP contribution is 2.24. The quantitative estimate of drug-likeness (QED) is 0.680. The first-order valence-electron chi connectivity index (χ1n) is 7.01. The van der Waals surface area contributed by atoms with Gasteiger partial charge in [-0.2, -0.15) is 0 Å². The van der Waals surface area contributed by atoms with Gasteiger partial charge in [0.1, 0.15) is 0 Å². The predicted octanol–water partition coefficient (Wildman–Crippen LogP) is 1.18. The van der Waals surface area contributed by atoms with E-state index in [0.717, 1.165) is 16.8 Å². The number of amides is 1. The molecular formula is C15H16N6OS. The fourth-order valence-corrected chi connectivity index (χ4v) is 3.04. The molecule has 0 fully saturated rings. The minimum Gasteiger partial charge on any atom is -0.369 e. The van der Waals surface area contributed by atoms with Gasteiger partial charge in [-0.3, -0.25) is 4.79 Å². The van der Waals surface area contributed by atoms with Crippen molar-refractivity contribution in [1.29, 1.82) is 0 Å². The van der Waals surface area contributed by atoms with E-state index in [9.17, 15) is 4.79 Å². The summed E-state index contributed by atoms with van der Waals surface area (Å²) in [4.78, 5) is 15.4. The van der Waals surface area contributed by atoms with Gasteiger partial charge in [-0.1, -0.05) is 42.1 Å². The lowest BCUT2D eigenvalue weighted by molar-refractivity contribution is -0.115. The van der Waals surface area contributed by atoms with E-state index in [4.69, 9.17) is 11.5 Å². The van der Waals surface area contributed by atoms with E-state index >= 15 is 0 Å². The van der Waals surface area contributed by atoms with Gasteiger partial charge in [0.2, 0.25) is 11.9 Å². The Labute approximate surface area is 137 Å². The van der Waals surface area contributed by atoms with Crippen molar-refractivity contribution in [2.45, 2.75) is 18.5 Å². The molecule has 0 aliphatic carbocycles. The minimum atomic E-state index is -0.421. The standard InChI is InChI=1S/C15H16N6OS/c1-9-11(7-10-5-3-2-4-6-10)13-19-20-15(23-8-12(16)22)21(13)14(17)18-9/h2-6H,7-8H2,1H3,(H2,16,22)(H2,17,18). The molecule has 3 rings (SSSR count). The third-order valence-corrected chi connectivity index (χ3v) is 4.37. The Hall–Kier alpha value is -2.61. The van der Waals surface area contributed by atoms with Crippen LogP contribution in [0.4, 0.5) is 5.95 Å². The number of nitrogen functional groups attached to an aromatic ring is 1. The number of aromatic nitrogens is 4. The second-order valence-electron chi connectivity index (χ2n) is 5.09. The molecule has 118 valence electrons. The average Bonchev–Trinajstić information content (AvgIpc) is 2.95. The lowest BCUT2D eigenvalue weighted by Crippen LogP contribution is -2.14.